The number of anilines is 5. The SMILES string of the molecule is Cc1ccc2sc3ccc(N(c4ccccc4)c4ccc5c(c4)sc4cc(N(C)c6ccc(C(F)(F)F)cc6)ccc45)cc3c2c1. The number of nitrogens with zero attached hydrogens (tertiary/aromatic N) is 2. The predicted octanol–water partition coefficient (Wildman–Crippen LogP) is 13.0. The van der Waals surface area contributed by atoms with E-state index in [9.17, 15) is 13.2 Å². The topological polar surface area (TPSA) is 6.48 Å². The molecule has 0 unspecified atom stereocenters. The number of hydrogen-bond donors (Lipinski definition) is 0. The molecule has 0 bridgehead atoms. The molecule has 0 saturated carbocycles. The maximum Gasteiger partial charge on any atom is 0.416 e. The summed E-state index contributed by atoms with van der Waals surface area (Å²) in [6, 6.07) is 42.0. The summed E-state index contributed by atoms with van der Waals surface area (Å²) >= 11 is 3.55. The molecule has 2 heterocycles. The zero-order valence-corrected chi connectivity index (χ0v) is 26.6. The highest BCUT2D eigenvalue weighted by molar-refractivity contribution is 7.26. The van der Waals surface area contributed by atoms with E-state index < -0.39 is 11.7 Å². The molecule has 7 heteroatoms. The number of hydrogen-bond acceptors (Lipinski definition) is 4. The van der Waals surface area contributed by atoms with Crippen LogP contribution >= 0.6 is 22.7 Å². The molecule has 0 aliphatic rings. The van der Waals surface area contributed by atoms with E-state index in [1.54, 1.807) is 11.3 Å². The third kappa shape index (κ3) is 4.96. The molecule has 6 aromatic carbocycles. The van der Waals surface area contributed by atoms with E-state index in [0.717, 1.165) is 45.0 Å². The van der Waals surface area contributed by atoms with Gasteiger partial charge in [-0.1, -0.05) is 42.0 Å². The quantitative estimate of drug-likeness (QED) is 0.184. The summed E-state index contributed by atoms with van der Waals surface area (Å²) in [5.74, 6) is 0. The van der Waals surface area contributed by atoms with Crippen LogP contribution in [0, 0.1) is 6.92 Å². The van der Waals surface area contributed by atoms with E-state index in [1.807, 2.05) is 35.4 Å². The number of fused-ring (bicyclic) bond motifs is 6. The third-order valence-corrected chi connectivity index (χ3v) is 10.8. The van der Waals surface area contributed by atoms with Gasteiger partial charge in [0.1, 0.15) is 0 Å². The standard InChI is InChI=1S/C39H27F3N2S2/c1-24-8-18-35-33(20-24)34-21-29(15-19-36(34)45-35)44(27-6-4-3-5-7-27)30-14-17-32-31-16-13-28(22-37(31)46-38(32)23-30)43(2)26-11-9-25(10-12-26)39(40,41)42/h3-23H,1-2H3. The number of halogens is 3. The molecule has 46 heavy (non-hydrogen) atoms. The molecule has 226 valence electrons. The molecule has 0 N–H and O–H groups in total. The average Bonchev–Trinajstić information content (AvgIpc) is 3.61. The summed E-state index contributed by atoms with van der Waals surface area (Å²) in [7, 11) is 1.88. The minimum absolute atomic E-state index is 0.649. The highest BCUT2D eigenvalue weighted by Crippen LogP contribution is 2.44. The summed E-state index contributed by atoms with van der Waals surface area (Å²) in [5.41, 5.74) is 5.46. The fraction of sp³-hybridized carbons (Fsp3) is 0.0769. The molecule has 0 aliphatic carbocycles. The minimum Gasteiger partial charge on any atom is -0.345 e. The molecule has 0 spiro atoms. The van der Waals surface area contributed by atoms with Gasteiger partial charge in [0.05, 0.1) is 5.56 Å². The highest BCUT2D eigenvalue weighted by Gasteiger charge is 2.30. The Labute approximate surface area is 272 Å². The molecule has 2 aromatic heterocycles. The number of aryl methyl sites for hydroxylation is 1. The lowest BCUT2D eigenvalue weighted by atomic mass is 10.1. The van der Waals surface area contributed by atoms with Gasteiger partial charge in [-0.25, -0.2) is 0 Å². The van der Waals surface area contributed by atoms with Crippen molar-refractivity contribution in [1.29, 1.82) is 0 Å². The van der Waals surface area contributed by atoms with Gasteiger partial charge in [0.25, 0.3) is 0 Å². The van der Waals surface area contributed by atoms with Crippen molar-refractivity contribution in [3.8, 4) is 0 Å². The van der Waals surface area contributed by atoms with Crippen molar-refractivity contribution in [3.05, 3.63) is 139 Å². The van der Waals surface area contributed by atoms with Gasteiger partial charge >= 0.3 is 6.18 Å². The van der Waals surface area contributed by atoms with Crippen molar-refractivity contribution in [2.24, 2.45) is 0 Å². The first-order chi connectivity index (χ1) is 22.2. The Morgan fingerprint density at radius 2 is 1.02 bits per heavy atom. The number of para-hydroxylation sites is 1. The first-order valence-corrected chi connectivity index (χ1v) is 16.5. The normalized spacial score (nSPS) is 12.0. The Balaban J connectivity index is 1.20. The van der Waals surface area contributed by atoms with E-state index in [-0.39, 0.29) is 0 Å². The Hall–Kier alpha value is -4.85. The van der Waals surface area contributed by atoms with Crippen molar-refractivity contribution in [2.45, 2.75) is 13.1 Å². The minimum atomic E-state index is -4.35. The zero-order chi connectivity index (χ0) is 31.6. The van der Waals surface area contributed by atoms with Crippen LogP contribution in [0.25, 0.3) is 40.3 Å². The van der Waals surface area contributed by atoms with Crippen molar-refractivity contribution in [2.75, 3.05) is 16.8 Å². The van der Waals surface area contributed by atoms with Crippen molar-refractivity contribution in [3.63, 3.8) is 0 Å². The average molecular weight is 645 g/mol. The molecule has 2 nitrogen and oxygen atoms in total. The van der Waals surface area contributed by atoms with Crippen LogP contribution in [0.2, 0.25) is 0 Å². The Bertz CT molecular complexity index is 2390. The van der Waals surface area contributed by atoms with Gasteiger partial charge in [-0.3, -0.25) is 0 Å². The van der Waals surface area contributed by atoms with Crippen LogP contribution in [0.15, 0.2) is 127 Å². The highest BCUT2D eigenvalue weighted by atomic mass is 32.1. The Morgan fingerprint density at radius 3 is 1.72 bits per heavy atom. The molecular formula is C39H27F3N2S2. The number of alkyl halides is 3. The van der Waals surface area contributed by atoms with Crippen molar-refractivity contribution in [1.82, 2.24) is 0 Å². The molecule has 8 rings (SSSR count). The van der Waals surface area contributed by atoms with Gasteiger partial charge in [-0.2, -0.15) is 13.2 Å². The maximum atomic E-state index is 13.1. The van der Waals surface area contributed by atoms with Crippen molar-refractivity contribution >= 4 is 91.5 Å². The second-order valence-electron chi connectivity index (χ2n) is 11.5. The van der Waals surface area contributed by atoms with Crippen LogP contribution in [0.4, 0.5) is 41.6 Å². The molecule has 0 radical (unpaired) electrons. The van der Waals surface area contributed by atoms with Crippen LogP contribution in [-0.4, -0.2) is 7.05 Å². The van der Waals surface area contributed by atoms with Crippen LogP contribution in [0.3, 0.4) is 0 Å². The van der Waals surface area contributed by atoms with E-state index >= 15 is 0 Å². The molecule has 0 fully saturated rings. The van der Waals surface area contributed by atoms with Gasteiger partial charge in [-0.15, -0.1) is 22.7 Å². The summed E-state index contributed by atoms with van der Waals surface area (Å²) in [4.78, 5) is 4.23. The third-order valence-electron chi connectivity index (χ3n) is 8.55. The Morgan fingerprint density at radius 1 is 0.478 bits per heavy atom. The lowest BCUT2D eigenvalue weighted by Crippen LogP contribution is -2.10. The van der Waals surface area contributed by atoms with Gasteiger partial charge in [0.2, 0.25) is 0 Å². The lowest BCUT2D eigenvalue weighted by Gasteiger charge is -2.25. The summed E-state index contributed by atoms with van der Waals surface area (Å²) in [6.07, 6.45) is -4.35. The zero-order valence-electron chi connectivity index (χ0n) is 25.0. The predicted molar refractivity (Wildman–Crippen MR) is 191 cm³/mol. The second kappa shape index (κ2) is 10.9. The van der Waals surface area contributed by atoms with Crippen LogP contribution < -0.4 is 9.80 Å². The fourth-order valence-electron chi connectivity index (χ4n) is 6.17. The van der Waals surface area contributed by atoms with Crippen LogP contribution in [-0.2, 0) is 6.18 Å². The largest absolute Gasteiger partial charge is 0.416 e. The van der Waals surface area contributed by atoms with Crippen LogP contribution in [0.1, 0.15) is 11.1 Å². The van der Waals surface area contributed by atoms with Gasteiger partial charge in [0.15, 0.2) is 0 Å². The number of rotatable bonds is 5. The molecular weight excluding hydrogens is 618 g/mol. The first-order valence-electron chi connectivity index (χ1n) is 14.9. The van der Waals surface area contributed by atoms with Crippen molar-refractivity contribution < 1.29 is 13.2 Å². The summed E-state index contributed by atoms with van der Waals surface area (Å²) in [5, 5.41) is 4.88. The fourth-order valence-corrected chi connectivity index (χ4v) is 8.41. The van der Waals surface area contributed by atoms with Gasteiger partial charge in [0, 0.05) is 75.8 Å². The molecule has 8 aromatic rings. The smallest absolute Gasteiger partial charge is 0.345 e. The first kappa shape index (κ1) is 28.6. The number of benzene rings is 6. The van der Waals surface area contributed by atoms with Gasteiger partial charge in [-0.05, 0) is 97.9 Å². The van der Waals surface area contributed by atoms with Crippen LogP contribution in [0.5, 0.6) is 0 Å². The summed E-state index contributed by atoms with van der Waals surface area (Å²) in [6.45, 7) is 2.14. The van der Waals surface area contributed by atoms with E-state index in [4.69, 9.17) is 0 Å². The van der Waals surface area contributed by atoms with Gasteiger partial charge < -0.3 is 9.80 Å². The molecule has 0 aliphatic heterocycles. The molecule has 0 atom stereocenters. The molecule has 0 amide bonds. The van der Waals surface area contributed by atoms with E-state index in [2.05, 4.69) is 103 Å². The van der Waals surface area contributed by atoms with E-state index in [1.165, 1.54) is 48.0 Å². The number of thiophene rings is 2. The summed E-state index contributed by atoms with van der Waals surface area (Å²) < 4.78 is 44.1. The monoisotopic (exact) mass is 644 g/mol. The lowest BCUT2D eigenvalue weighted by molar-refractivity contribution is -0.137. The molecule has 0 saturated heterocycles. The second-order valence-corrected chi connectivity index (χ2v) is 13.7. The van der Waals surface area contributed by atoms with E-state index in [0.29, 0.717) is 5.69 Å². The Kier molecular flexibility index (Phi) is 6.78. The maximum absolute atomic E-state index is 13.1.